The summed E-state index contributed by atoms with van der Waals surface area (Å²) in [5.74, 6) is 0.394. The van der Waals surface area contributed by atoms with Crippen molar-refractivity contribution in [2.75, 3.05) is 5.73 Å². The van der Waals surface area contributed by atoms with E-state index >= 15 is 0 Å². The molecular formula is C18H17N3O. The third-order valence-corrected chi connectivity index (χ3v) is 3.80. The van der Waals surface area contributed by atoms with Crippen molar-refractivity contribution in [3.05, 3.63) is 71.8 Å². The van der Waals surface area contributed by atoms with E-state index in [1.807, 2.05) is 67.6 Å². The molecule has 2 aromatic carbocycles. The maximum absolute atomic E-state index is 11.5. The number of carbonyl (C=O) groups is 1. The van der Waals surface area contributed by atoms with Crippen molar-refractivity contribution in [1.82, 2.24) is 9.78 Å². The Bertz CT molecular complexity index is 779. The van der Waals surface area contributed by atoms with E-state index in [0.29, 0.717) is 17.1 Å². The van der Waals surface area contributed by atoms with Gasteiger partial charge in [-0.3, -0.25) is 4.79 Å². The molecule has 0 saturated carbocycles. The van der Waals surface area contributed by atoms with E-state index in [-0.39, 0.29) is 6.04 Å². The Balaban J connectivity index is 2.11. The van der Waals surface area contributed by atoms with Crippen LogP contribution in [0.3, 0.4) is 0 Å². The predicted molar refractivity (Wildman–Crippen MR) is 87.7 cm³/mol. The van der Waals surface area contributed by atoms with Crippen LogP contribution in [0.25, 0.3) is 11.3 Å². The van der Waals surface area contributed by atoms with Gasteiger partial charge in [0.2, 0.25) is 0 Å². The van der Waals surface area contributed by atoms with E-state index in [1.54, 1.807) is 4.68 Å². The molecule has 1 atom stereocenters. The first kappa shape index (κ1) is 14.1. The van der Waals surface area contributed by atoms with Crippen molar-refractivity contribution in [1.29, 1.82) is 0 Å². The van der Waals surface area contributed by atoms with Gasteiger partial charge in [0.25, 0.3) is 0 Å². The maximum Gasteiger partial charge on any atom is 0.156 e. The monoisotopic (exact) mass is 291 g/mol. The summed E-state index contributed by atoms with van der Waals surface area (Å²) in [6, 6.07) is 19.5. The second kappa shape index (κ2) is 5.85. The Morgan fingerprint density at radius 2 is 1.64 bits per heavy atom. The lowest BCUT2D eigenvalue weighted by Crippen LogP contribution is -2.11. The number of rotatable bonds is 4. The molecule has 0 fully saturated rings. The molecule has 1 unspecified atom stereocenters. The molecule has 0 aliphatic carbocycles. The summed E-state index contributed by atoms with van der Waals surface area (Å²) >= 11 is 0. The molecular weight excluding hydrogens is 274 g/mol. The summed E-state index contributed by atoms with van der Waals surface area (Å²) in [5, 5.41) is 4.59. The van der Waals surface area contributed by atoms with Crippen molar-refractivity contribution < 1.29 is 4.79 Å². The normalized spacial score (nSPS) is 12.0. The topological polar surface area (TPSA) is 60.9 Å². The Labute approximate surface area is 129 Å². The number of aldehydes is 1. The number of anilines is 1. The average molecular weight is 291 g/mol. The Morgan fingerprint density at radius 3 is 2.23 bits per heavy atom. The molecule has 0 spiro atoms. The first-order valence-corrected chi connectivity index (χ1v) is 7.16. The number of hydrogen-bond acceptors (Lipinski definition) is 3. The number of nitrogen functional groups attached to an aromatic ring is 1. The predicted octanol–water partition coefficient (Wildman–Crippen LogP) is 3.55. The summed E-state index contributed by atoms with van der Waals surface area (Å²) < 4.78 is 1.71. The lowest BCUT2D eigenvalue weighted by molar-refractivity contribution is 0.112. The SMILES string of the molecule is CC(c1ccccc1)n1nc(-c2ccccc2)c(C=O)c1N. The molecule has 0 saturated heterocycles. The van der Waals surface area contributed by atoms with E-state index in [9.17, 15) is 4.79 Å². The lowest BCUT2D eigenvalue weighted by Gasteiger charge is -2.14. The molecule has 0 amide bonds. The Morgan fingerprint density at radius 1 is 1.05 bits per heavy atom. The first-order chi connectivity index (χ1) is 10.7. The zero-order valence-corrected chi connectivity index (χ0v) is 12.3. The van der Waals surface area contributed by atoms with Gasteiger partial charge in [-0.15, -0.1) is 0 Å². The minimum absolute atomic E-state index is 0.0441. The van der Waals surface area contributed by atoms with Gasteiger partial charge in [0.15, 0.2) is 6.29 Å². The van der Waals surface area contributed by atoms with Gasteiger partial charge in [0.05, 0.1) is 11.6 Å². The van der Waals surface area contributed by atoms with Crippen molar-refractivity contribution in [3.8, 4) is 11.3 Å². The number of nitrogens with two attached hydrogens (primary N) is 1. The Kier molecular flexibility index (Phi) is 3.74. The number of nitrogens with zero attached hydrogens (tertiary/aromatic N) is 2. The fraction of sp³-hybridized carbons (Fsp3) is 0.111. The zero-order chi connectivity index (χ0) is 15.5. The van der Waals surface area contributed by atoms with Crippen molar-refractivity contribution in [3.63, 3.8) is 0 Å². The first-order valence-electron chi connectivity index (χ1n) is 7.16. The molecule has 0 aliphatic heterocycles. The standard InChI is InChI=1S/C18H17N3O/c1-13(14-8-4-2-5-9-14)21-18(19)16(12-22)17(20-21)15-10-6-3-7-11-15/h2-13H,19H2,1H3. The molecule has 22 heavy (non-hydrogen) atoms. The van der Waals surface area contributed by atoms with E-state index in [4.69, 9.17) is 5.73 Å². The van der Waals surface area contributed by atoms with Crippen LogP contribution < -0.4 is 5.73 Å². The van der Waals surface area contributed by atoms with Gasteiger partial charge < -0.3 is 5.73 Å². The van der Waals surface area contributed by atoms with Crippen LogP contribution in [-0.2, 0) is 0 Å². The minimum atomic E-state index is -0.0441. The van der Waals surface area contributed by atoms with Crippen molar-refractivity contribution in [2.45, 2.75) is 13.0 Å². The van der Waals surface area contributed by atoms with Crippen molar-refractivity contribution >= 4 is 12.1 Å². The molecule has 110 valence electrons. The van der Waals surface area contributed by atoms with Gasteiger partial charge in [-0.1, -0.05) is 60.7 Å². The lowest BCUT2D eigenvalue weighted by atomic mass is 10.1. The van der Waals surface area contributed by atoms with Crippen LogP contribution in [-0.4, -0.2) is 16.1 Å². The summed E-state index contributed by atoms with van der Waals surface area (Å²) in [6.07, 6.45) is 0.777. The van der Waals surface area contributed by atoms with Gasteiger partial charge in [-0.2, -0.15) is 5.10 Å². The highest BCUT2D eigenvalue weighted by Crippen LogP contribution is 2.29. The van der Waals surface area contributed by atoms with Crippen LogP contribution >= 0.6 is 0 Å². The number of benzene rings is 2. The van der Waals surface area contributed by atoms with E-state index < -0.39 is 0 Å². The van der Waals surface area contributed by atoms with Crippen LogP contribution in [0.4, 0.5) is 5.82 Å². The number of aromatic nitrogens is 2. The number of carbonyl (C=O) groups excluding carboxylic acids is 1. The van der Waals surface area contributed by atoms with Gasteiger partial charge >= 0.3 is 0 Å². The molecule has 0 radical (unpaired) electrons. The van der Waals surface area contributed by atoms with Gasteiger partial charge in [0.1, 0.15) is 11.5 Å². The van der Waals surface area contributed by atoms with Crippen LogP contribution in [0.5, 0.6) is 0 Å². The molecule has 0 bridgehead atoms. The molecule has 2 N–H and O–H groups in total. The van der Waals surface area contributed by atoms with Gasteiger partial charge in [-0.25, -0.2) is 4.68 Å². The fourth-order valence-electron chi connectivity index (χ4n) is 2.55. The highest BCUT2D eigenvalue weighted by Gasteiger charge is 2.20. The molecule has 4 heteroatoms. The van der Waals surface area contributed by atoms with E-state index in [0.717, 1.165) is 17.4 Å². The quantitative estimate of drug-likeness (QED) is 0.748. The second-order valence-corrected chi connectivity index (χ2v) is 5.16. The van der Waals surface area contributed by atoms with Gasteiger partial charge in [0, 0.05) is 5.56 Å². The van der Waals surface area contributed by atoms with E-state index in [1.165, 1.54) is 0 Å². The summed E-state index contributed by atoms with van der Waals surface area (Å²) in [5.41, 5.74) is 9.20. The molecule has 0 aliphatic rings. The Hall–Kier alpha value is -2.88. The summed E-state index contributed by atoms with van der Waals surface area (Å²) in [7, 11) is 0. The van der Waals surface area contributed by atoms with Crippen LogP contribution in [0.1, 0.15) is 28.9 Å². The summed E-state index contributed by atoms with van der Waals surface area (Å²) in [6.45, 7) is 2.02. The second-order valence-electron chi connectivity index (χ2n) is 5.16. The largest absolute Gasteiger partial charge is 0.383 e. The third-order valence-electron chi connectivity index (χ3n) is 3.80. The summed E-state index contributed by atoms with van der Waals surface area (Å²) in [4.78, 5) is 11.5. The highest BCUT2D eigenvalue weighted by molar-refractivity contribution is 5.91. The smallest absolute Gasteiger partial charge is 0.156 e. The fourth-order valence-corrected chi connectivity index (χ4v) is 2.55. The van der Waals surface area contributed by atoms with Gasteiger partial charge in [-0.05, 0) is 12.5 Å². The minimum Gasteiger partial charge on any atom is -0.383 e. The van der Waals surface area contributed by atoms with Crippen molar-refractivity contribution in [2.24, 2.45) is 0 Å². The molecule has 3 aromatic rings. The van der Waals surface area contributed by atoms with E-state index in [2.05, 4.69) is 5.10 Å². The van der Waals surface area contributed by atoms with Crippen LogP contribution in [0.15, 0.2) is 60.7 Å². The van der Waals surface area contributed by atoms with Crippen LogP contribution in [0, 0.1) is 0 Å². The maximum atomic E-state index is 11.5. The average Bonchev–Trinajstić information content (AvgIpc) is 2.92. The van der Waals surface area contributed by atoms with Crippen LogP contribution in [0.2, 0.25) is 0 Å². The highest BCUT2D eigenvalue weighted by atomic mass is 16.1. The molecule has 3 rings (SSSR count). The number of hydrogen-bond donors (Lipinski definition) is 1. The molecule has 4 nitrogen and oxygen atoms in total. The third kappa shape index (κ3) is 2.39. The molecule has 1 heterocycles. The molecule has 1 aromatic heterocycles. The zero-order valence-electron chi connectivity index (χ0n) is 12.3.